The molecule has 1 heterocycles. The minimum Gasteiger partial charge on any atom is -0.352 e. The maximum Gasteiger partial charge on any atom is 0.128 e. The molecule has 1 aliphatic carbocycles. The largest absolute Gasteiger partial charge is 0.352 e. The van der Waals surface area contributed by atoms with Crippen molar-refractivity contribution in [2.45, 2.75) is 31.7 Å². The molecule has 1 aromatic rings. The van der Waals surface area contributed by atoms with Crippen LogP contribution in [0.25, 0.3) is 0 Å². The first-order valence-corrected chi connectivity index (χ1v) is 6.19. The topological polar surface area (TPSA) is 16.1 Å². The van der Waals surface area contributed by atoms with Gasteiger partial charge in [-0.05, 0) is 25.0 Å². The minimum absolute atomic E-state index is 0.652. The Hall–Kier alpha value is -0.760. The third-order valence-corrected chi connectivity index (χ3v) is 3.20. The van der Waals surface area contributed by atoms with E-state index in [1.807, 2.05) is 18.3 Å². The molecular weight excluding hydrogens is 208 g/mol. The lowest BCUT2D eigenvalue weighted by Gasteiger charge is -2.29. The third-order valence-electron chi connectivity index (χ3n) is 3.03. The van der Waals surface area contributed by atoms with Crippen LogP contribution in [-0.2, 0) is 0 Å². The van der Waals surface area contributed by atoms with E-state index in [4.69, 9.17) is 11.6 Å². The van der Waals surface area contributed by atoms with Crippen LogP contribution in [0.2, 0.25) is 0 Å². The predicted octanol–water partition coefficient (Wildman–Crippen LogP) is 3.07. The first-order chi connectivity index (χ1) is 7.42. The Bertz CT molecular complexity index is 283. The Morgan fingerprint density at radius 1 is 1.33 bits per heavy atom. The zero-order valence-corrected chi connectivity index (χ0v) is 9.66. The lowest BCUT2D eigenvalue weighted by Crippen LogP contribution is -2.35. The average Bonchev–Trinajstić information content (AvgIpc) is 2.80. The minimum atomic E-state index is 0.652. The summed E-state index contributed by atoms with van der Waals surface area (Å²) >= 11 is 5.86. The van der Waals surface area contributed by atoms with E-state index in [9.17, 15) is 0 Å². The Kier molecular flexibility index (Phi) is 3.84. The molecule has 1 aromatic heterocycles. The fourth-order valence-corrected chi connectivity index (χ4v) is 2.50. The van der Waals surface area contributed by atoms with Gasteiger partial charge in [0.2, 0.25) is 0 Å². The highest BCUT2D eigenvalue weighted by Gasteiger charge is 2.22. The van der Waals surface area contributed by atoms with Crippen molar-refractivity contribution in [3.05, 3.63) is 24.4 Å². The molecule has 0 aromatic carbocycles. The van der Waals surface area contributed by atoms with Crippen LogP contribution in [0.3, 0.4) is 0 Å². The van der Waals surface area contributed by atoms with Crippen LogP contribution in [0.4, 0.5) is 5.82 Å². The molecule has 0 aliphatic heterocycles. The summed E-state index contributed by atoms with van der Waals surface area (Å²) < 4.78 is 0. The van der Waals surface area contributed by atoms with Crippen molar-refractivity contribution in [2.75, 3.05) is 17.3 Å². The number of alkyl halides is 1. The SMILES string of the molecule is ClCCN(c1ccccn1)C1CCCC1. The number of rotatable bonds is 4. The van der Waals surface area contributed by atoms with Crippen LogP contribution < -0.4 is 4.90 Å². The number of anilines is 1. The van der Waals surface area contributed by atoms with Gasteiger partial charge in [-0.15, -0.1) is 11.6 Å². The quantitative estimate of drug-likeness (QED) is 0.731. The number of nitrogens with zero attached hydrogens (tertiary/aromatic N) is 2. The van der Waals surface area contributed by atoms with Gasteiger partial charge in [0.1, 0.15) is 5.82 Å². The molecule has 0 bridgehead atoms. The molecule has 1 saturated carbocycles. The average molecular weight is 225 g/mol. The highest BCUT2D eigenvalue weighted by Crippen LogP contribution is 2.26. The van der Waals surface area contributed by atoms with E-state index < -0.39 is 0 Å². The summed E-state index contributed by atoms with van der Waals surface area (Å²) in [5.74, 6) is 1.75. The van der Waals surface area contributed by atoms with Gasteiger partial charge < -0.3 is 4.90 Å². The number of halogens is 1. The van der Waals surface area contributed by atoms with Crippen molar-refractivity contribution in [3.8, 4) is 0 Å². The number of hydrogen-bond acceptors (Lipinski definition) is 2. The zero-order chi connectivity index (χ0) is 10.5. The number of pyridine rings is 1. The molecule has 0 N–H and O–H groups in total. The molecule has 0 atom stereocenters. The van der Waals surface area contributed by atoms with Gasteiger partial charge in [-0.3, -0.25) is 0 Å². The van der Waals surface area contributed by atoms with Gasteiger partial charge in [-0.25, -0.2) is 4.98 Å². The highest BCUT2D eigenvalue weighted by atomic mass is 35.5. The van der Waals surface area contributed by atoms with E-state index in [1.165, 1.54) is 25.7 Å². The lowest BCUT2D eigenvalue weighted by molar-refractivity contribution is 0.614. The maximum atomic E-state index is 5.86. The summed E-state index contributed by atoms with van der Waals surface area (Å²) in [6.45, 7) is 0.906. The second-order valence-corrected chi connectivity index (χ2v) is 4.39. The van der Waals surface area contributed by atoms with Gasteiger partial charge in [-0.2, -0.15) is 0 Å². The van der Waals surface area contributed by atoms with E-state index in [0.29, 0.717) is 11.9 Å². The number of aromatic nitrogens is 1. The molecule has 3 heteroatoms. The summed E-state index contributed by atoms with van der Waals surface area (Å²) in [5, 5.41) is 0. The Morgan fingerprint density at radius 2 is 2.13 bits per heavy atom. The molecule has 82 valence electrons. The second-order valence-electron chi connectivity index (χ2n) is 4.01. The van der Waals surface area contributed by atoms with E-state index in [2.05, 4.69) is 16.0 Å². The number of hydrogen-bond donors (Lipinski definition) is 0. The van der Waals surface area contributed by atoms with Crippen molar-refractivity contribution >= 4 is 17.4 Å². The molecular formula is C12H17ClN2. The normalized spacial score (nSPS) is 16.9. The summed E-state index contributed by atoms with van der Waals surface area (Å²) in [7, 11) is 0. The van der Waals surface area contributed by atoms with Crippen molar-refractivity contribution in [1.82, 2.24) is 4.98 Å². The molecule has 0 unspecified atom stereocenters. The summed E-state index contributed by atoms with van der Waals surface area (Å²) in [4.78, 5) is 6.77. The Labute approximate surface area is 96.3 Å². The van der Waals surface area contributed by atoms with Gasteiger partial charge >= 0.3 is 0 Å². The van der Waals surface area contributed by atoms with Crippen molar-refractivity contribution in [1.29, 1.82) is 0 Å². The third kappa shape index (κ3) is 2.63. The predicted molar refractivity (Wildman–Crippen MR) is 64.6 cm³/mol. The van der Waals surface area contributed by atoms with E-state index in [-0.39, 0.29) is 0 Å². The lowest BCUT2D eigenvalue weighted by atomic mass is 10.2. The van der Waals surface area contributed by atoms with Crippen LogP contribution in [0.1, 0.15) is 25.7 Å². The fraction of sp³-hybridized carbons (Fsp3) is 0.583. The van der Waals surface area contributed by atoms with Gasteiger partial charge in [0.05, 0.1) is 0 Å². The first kappa shape index (κ1) is 10.7. The Morgan fingerprint density at radius 3 is 2.73 bits per heavy atom. The van der Waals surface area contributed by atoms with Crippen molar-refractivity contribution < 1.29 is 0 Å². The monoisotopic (exact) mass is 224 g/mol. The second kappa shape index (κ2) is 5.36. The highest BCUT2D eigenvalue weighted by molar-refractivity contribution is 6.18. The standard InChI is InChI=1S/C12H17ClN2/c13-8-10-15(11-5-1-2-6-11)12-7-3-4-9-14-12/h3-4,7,9,11H,1-2,5-6,8,10H2. The molecule has 0 saturated heterocycles. The molecule has 0 radical (unpaired) electrons. The van der Waals surface area contributed by atoms with Crippen molar-refractivity contribution in [2.24, 2.45) is 0 Å². The summed E-state index contributed by atoms with van der Waals surface area (Å²) in [6.07, 6.45) is 7.11. The summed E-state index contributed by atoms with van der Waals surface area (Å²) in [5.41, 5.74) is 0. The van der Waals surface area contributed by atoms with Gasteiger partial charge in [0, 0.05) is 24.7 Å². The van der Waals surface area contributed by atoms with E-state index in [0.717, 1.165) is 12.4 Å². The Balaban J connectivity index is 2.11. The molecule has 0 spiro atoms. The molecule has 2 nitrogen and oxygen atoms in total. The van der Waals surface area contributed by atoms with Crippen LogP contribution in [0.15, 0.2) is 24.4 Å². The van der Waals surface area contributed by atoms with Crippen LogP contribution in [0, 0.1) is 0 Å². The molecule has 1 aliphatic rings. The smallest absolute Gasteiger partial charge is 0.128 e. The van der Waals surface area contributed by atoms with Gasteiger partial charge in [-0.1, -0.05) is 18.9 Å². The molecule has 15 heavy (non-hydrogen) atoms. The van der Waals surface area contributed by atoms with E-state index in [1.54, 1.807) is 0 Å². The summed E-state index contributed by atoms with van der Waals surface area (Å²) in [6, 6.07) is 6.72. The van der Waals surface area contributed by atoms with Crippen LogP contribution >= 0.6 is 11.6 Å². The van der Waals surface area contributed by atoms with Crippen LogP contribution in [0.5, 0.6) is 0 Å². The van der Waals surface area contributed by atoms with Crippen molar-refractivity contribution in [3.63, 3.8) is 0 Å². The first-order valence-electron chi connectivity index (χ1n) is 5.65. The van der Waals surface area contributed by atoms with Gasteiger partial charge in [0.15, 0.2) is 0 Å². The maximum absolute atomic E-state index is 5.86. The zero-order valence-electron chi connectivity index (χ0n) is 8.90. The van der Waals surface area contributed by atoms with E-state index >= 15 is 0 Å². The molecule has 0 amide bonds. The van der Waals surface area contributed by atoms with Gasteiger partial charge in [0.25, 0.3) is 0 Å². The van der Waals surface area contributed by atoms with Crippen LogP contribution in [-0.4, -0.2) is 23.5 Å². The fourth-order valence-electron chi connectivity index (χ4n) is 2.31. The molecule has 1 fully saturated rings. The molecule has 2 rings (SSSR count).